The molecule has 1 N–H and O–H groups in total. The first-order chi connectivity index (χ1) is 11.6. The standard InChI is InChI=1S/C19H14ClFN2O/c20-16-3-1-2-15(12-16)19(24)23-18(14-8-10-22-11-9-14)13-4-6-17(21)7-5-13/h1-12,18H,(H,23,24). The molecule has 0 aliphatic heterocycles. The minimum atomic E-state index is -0.417. The molecule has 0 saturated carbocycles. The van der Waals surface area contributed by atoms with Gasteiger partial charge in [0.25, 0.3) is 5.91 Å². The van der Waals surface area contributed by atoms with E-state index < -0.39 is 6.04 Å². The van der Waals surface area contributed by atoms with E-state index in [1.165, 1.54) is 12.1 Å². The lowest BCUT2D eigenvalue weighted by Gasteiger charge is -2.20. The van der Waals surface area contributed by atoms with E-state index in [2.05, 4.69) is 10.3 Å². The number of hydrogen-bond acceptors (Lipinski definition) is 2. The number of pyridine rings is 1. The highest BCUT2D eigenvalue weighted by Gasteiger charge is 2.18. The maximum Gasteiger partial charge on any atom is 0.252 e. The van der Waals surface area contributed by atoms with Gasteiger partial charge in [-0.1, -0.05) is 29.8 Å². The Bertz CT molecular complexity index is 838. The first-order valence-electron chi connectivity index (χ1n) is 7.35. The van der Waals surface area contributed by atoms with Crippen LogP contribution in [0.4, 0.5) is 4.39 Å². The van der Waals surface area contributed by atoms with Crippen molar-refractivity contribution < 1.29 is 9.18 Å². The second-order valence-electron chi connectivity index (χ2n) is 5.25. The summed E-state index contributed by atoms with van der Waals surface area (Å²) >= 11 is 5.95. The number of rotatable bonds is 4. The predicted molar refractivity (Wildman–Crippen MR) is 91.4 cm³/mol. The van der Waals surface area contributed by atoms with Crippen molar-refractivity contribution in [2.45, 2.75) is 6.04 Å². The Balaban J connectivity index is 1.93. The van der Waals surface area contributed by atoms with Gasteiger partial charge >= 0.3 is 0 Å². The lowest BCUT2D eigenvalue weighted by molar-refractivity contribution is 0.0943. The molecule has 1 atom stereocenters. The van der Waals surface area contributed by atoms with Crippen molar-refractivity contribution in [1.29, 1.82) is 0 Å². The second-order valence-corrected chi connectivity index (χ2v) is 5.69. The van der Waals surface area contributed by atoms with Crippen molar-refractivity contribution in [3.8, 4) is 0 Å². The van der Waals surface area contributed by atoms with Crippen molar-refractivity contribution in [2.75, 3.05) is 0 Å². The fraction of sp³-hybridized carbons (Fsp3) is 0.0526. The molecule has 24 heavy (non-hydrogen) atoms. The summed E-state index contributed by atoms with van der Waals surface area (Å²) in [5.74, 6) is -0.586. The number of amides is 1. The Morgan fingerprint density at radius 1 is 1.00 bits per heavy atom. The molecule has 0 saturated heterocycles. The molecule has 5 heteroatoms. The Morgan fingerprint density at radius 2 is 1.67 bits per heavy atom. The Labute approximate surface area is 144 Å². The fourth-order valence-electron chi connectivity index (χ4n) is 2.41. The van der Waals surface area contributed by atoms with Crippen LogP contribution in [0, 0.1) is 5.82 Å². The fourth-order valence-corrected chi connectivity index (χ4v) is 2.60. The van der Waals surface area contributed by atoms with E-state index in [0.717, 1.165) is 11.1 Å². The summed E-state index contributed by atoms with van der Waals surface area (Å²) in [6.45, 7) is 0. The van der Waals surface area contributed by atoms with Gasteiger partial charge in [-0.15, -0.1) is 0 Å². The number of halogens is 2. The second kappa shape index (κ2) is 7.23. The van der Waals surface area contributed by atoms with Crippen LogP contribution in [0.2, 0.25) is 5.02 Å². The van der Waals surface area contributed by atoms with Crippen LogP contribution >= 0.6 is 11.6 Å². The van der Waals surface area contributed by atoms with Crippen molar-refractivity contribution in [2.24, 2.45) is 0 Å². The van der Waals surface area contributed by atoms with E-state index >= 15 is 0 Å². The summed E-state index contributed by atoms with van der Waals surface area (Å²) in [7, 11) is 0. The molecule has 1 aromatic heterocycles. The number of nitrogens with zero attached hydrogens (tertiary/aromatic N) is 1. The third kappa shape index (κ3) is 3.78. The zero-order valence-electron chi connectivity index (χ0n) is 12.6. The number of nitrogens with one attached hydrogen (secondary N) is 1. The van der Waals surface area contributed by atoms with Crippen LogP contribution in [0.5, 0.6) is 0 Å². The third-order valence-electron chi connectivity index (χ3n) is 3.61. The first-order valence-corrected chi connectivity index (χ1v) is 7.73. The maximum absolute atomic E-state index is 13.2. The van der Waals surface area contributed by atoms with Crippen molar-refractivity contribution in [3.05, 3.63) is 101 Å². The SMILES string of the molecule is O=C(NC(c1ccncc1)c1ccc(F)cc1)c1cccc(Cl)c1. The lowest BCUT2D eigenvalue weighted by Crippen LogP contribution is -2.29. The Hall–Kier alpha value is -2.72. The molecule has 0 aliphatic rings. The van der Waals surface area contributed by atoms with Gasteiger partial charge in [0.15, 0.2) is 0 Å². The van der Waals surface area contributed by atoms with Crippen LogP contribution in [0.1, 0.15) is 27.5 Å². The van der Waals surface area contributed by atoms with Gasteiger partial charge in [-0.25, -0.2) is 4.39 Å². The predicted octanol–water partition coefficient (Wildman–Crippen LogP) is 4.39. The molecule has 1 unspecified atom stereocenters. The van der Waals surface area contributed by atoms with Crippen LogP contribution < -0.4 is 5.32 Å². The first kappa shape index (κ1) is 16.1. The molecule has 0 aliphatic carbocycles. The minimum absolute atomic E-state index is 0.261. The minimum Gasteiger partial charge on any atom is -0.341 e. The van der Waals surface area contributed by atoms with Crippen molar-refractivity contribution in [1.82, 2.24) is 10.3 Å². The largest absolute Gasteiger partial charge is 0.341 e. The molecule has 0 fully saturated rings. The molecule has 2 aromatic carbocycles. The molecule has 3 rings (SSSR count). The molecule has 0 spiro atoms. The highest BCUT2D eigenvalue weighted by molar-refractivity contribution is 6.30. The molecule has 1 heterocycles. The topological polar surface area (TPSA) is 42.0 Å². The average molecular weight is 341 g/mol. The normalized spacial score (nSPS) is 11.8. The van der Waals surface area contributed by atoms with Crippen LogP contribution in [0.25, 0.3) is 0 Å². The van der Waals surface area contributed by atoms with E-state index in [0.29, 0.717) is 10.6 Å². The molecule has 1 amide bonds. The maximum atomic E-state index is 13.2. The van der Waals surface area contributed by atoms with Crippen LogP contribution in [0.3, 0.4) is 0 Å². The zero-order chi connectivity index (χ0) is 16.9. The van der Waals surface area contributed by atoms with Gasteiger partial charge in [0, 0.05) is 23.0 Å². The van der Waals surface area contributed by atoms with Crippen LogP contribution in [-0.2, 0) is 0 Å². The van der Waals surface area contributed by atoms with E-state index in [1.807, 2.05) is 12.1 Å². The third-order valence-corrected chi connectivity index (χ3v) is 3.84. The average Bonchev–Trinajstić information content (AvgIpc) is 2.61. The molecule has 0 bridgehead atoms. The summed E-state index contributed by atoms with van der Waals surface area (Å²) in [5.41, 5.74) is 2.09. The van der Waals surface area contributed by atoms with Gasteiger partial charge in [0.2, 0.25) is 0 Å². The number of carbonyl (C=O) groups excluding carboxylic acids is 1. The molecule has 0 radical (unpaired) electrons. The van der Waals surface area contributed by atoms with Gasteiger partial charge in [-0.3, -0.25) is 9.78 Å². The van der Waals surface area contributed by atoms with Crippen molar-refractivity contribution >= 4 is 17.5 Å². The Kier molecular flexibility index (Phi) is 4.87. The smallest absolute Gasteiger partial charge is 0.252 e. The summed E-state index contributed by atoms with van der Waals surface area (Å²) in [6.07, 6.45) is 3.30. The molecular formula is C19H14ClFN2O. The van der Waals surface area contributed by atoms with E-state index in [9.17, 15) is 9.18 Å². The highest BCUT2D eigenvalue weighted by atomic mass is 35.5. The summed E-state index contributed by atoms with van der Waals surface area (Å²) in [4.78, 5) is 16.6. The molecule has 3 nitrogen and oxygen atoms in total. The summed E-state index contributed by atoms with van der Waals surface area (Å²) in [6, 6.07) is 16.0. The zero-order valence-corrected chi connectivity index (χ0v) is 13.4. The number of aromatic nitrogens is 1. The van der Waals surface area contributed by atoms with Crippen molar-refractivity contribution in [3.63, 3.8) is 0 Å². The van der Waals surface area contributed by atoms with Gasteiger partial charge in [-0.2, -0.15) is 0 Å². The number of benzene rings is 2. The molecular weight excluding hydrogens is 327 g/mol. The summed E-state index contributed by atoms with van der Waals surface area (Å²) < 4.78 is 13.2. The molecule has 120 valence electrons. The highest BCUT2D eigenvalue weighted by Crippen LogP contribution is 2.23. The number of hydrogen-bond donors (Lipinski definition) is 1. The van der Waals surface area contributed by atoms with Gasteiger partial charge in [-0.05, 0) is 53.6 Å². The van der Waals surface area contributed by atoms with Crippen LogP contribution in [-0.4, -0.2) is 10.9 Å². The molecule has 3 aromatic rings. The lowest BCUT2D eigenvalue weighted by atomic mass is 9.99. The van der Waals surface area contributed by atoms with E-state index in [-0.39, 0.29) is 11.7 Å². The monoisotopic (exact) mass is 340 g/mol. The Morgan fingerprint density at radius 3 is 2.33 bits per heavy atom. The van der Waals surface area contributed by atoms with Gasteiger partial charge < -0.3 is 5.32 Å². The van der Waals surface area contributed by atoms with Gasteiger partial charge in [0.1, 0.15) is 5.82 Å². The van der Waals surface area contributed by atoms with Gasteiger partial charge in [0.05, 0.1) is 6.04 Å². The van der Waals surface area contributed by atoms with Crippen LogP contribution in [0.15, 0.2) is 73.1 Å². The summed E-state index contributed by atoms with van der Waals surface area (Å²) in [5, 5.41) is 3.46. The van der Waals surface area contributed by atoms with E-state index in [4.69, 9.17) is 11.6 Å². The van der Waals surface area contributed by atoms with E-state index in [1.54, 1.807) is 48.8 Å². The number of carbonyl (C=O) groups is 1. The quantitative estimate of drug-likeness (QED) is 0.765.